The molecule has 0 spiro atoms. The first kappa shape index (κ1) is 13.0. The number of carboxylic acid groups (broad SMARTS) is 1. The van der Waals surface area contributed by atoms with E-state index in [1.165, 1.54) is 0 Å². The quantitative estimate of drug-likeness (QED) is 0.876. The largest absolute Gasteiger partial charge is 0.481 e. The molecule has 88 valence electrons. The van der Waals surface area contributed by atoms with Crippen LogP contribution in [0.4, 0.5) is 0 Å². The fourth-order valence-corrected chi connectivity index (χ4v) is 1.88. The van der Waals surface area contributed by atoms with E-state index in [0.29, 0.717) is 11.4 Å². The van der Waals surface area contributed by atoms with Gasteiger partial charge in [0.05, 0.1) is 5.92 Å². The average Bonchev–Trinajstić information content (AvgIpc) is 2.12. The molecule has 16 heavy (non-hydrogen) atoms. The van der Waals surface area contributed by atoms with Gasteiger partial charge in [-0.1, -0.05) is 44.5 Å². The van der Waals surface area contributed by atoms with Gasteiger partial charge in [-0.25, -0.2) is 0 Å². The molecule has 0 heterocycles. The Morgan fingerprint density at radius 2 is 2.06 bits per heavy atom. The van der Waals surface area contributed by atoms with Crippen LogP contribution in [0.3, 0.4) is 0 Å². The highest BCUT2D eigenvalue weighted by Crippen LogP contribution is 2.29. The van der Waals surface area contributed by atoms with Crippen molar-refractivity contribution in [1.29, 1.82) is 0 Å². The van der Waals surface area contributed by atoms with Crippen molar-refractivity contribution >= 4 is 17.6 Å². The Morgan fingerprint density at radius 3 is 2.50 bits per heavy atom. The van der Waals surface area contributed by atoms with Crippen molar-refractivity contribution in [2.45, 2.75) is 27.2 Å². The SMILES string of the molecule is CC(C)(C)C(Cc1cccc(Cl)c1)C(=O)O. The molecule has 3 heteroatoms. The van der Waals surface area contributed by atoms with E-state index in [1.807, 2.05) is 39.0 Å². The lowest BCUT2D eigenvalue weighted by Crippen LogP contribution is -2.30. The second kappa shape index (κ2) is 4.88. The Kier molecular flexibility index (Phi) is 3.98. The van der Waals surface area contributed by atoms with E-state index >= 15 is 0 Å². The molecule has 0 amide bonds. The predicted molar refractivity (Wildman–Crippen MR) is 65.7 cm³/mol. The number of aliphatic carboxylic acids is 1. The van der Waals surface area contributed by atoms with Crippen LogP contribution in [0.2, 0.25) is 5.02 Å². The summed E-state index contributed by atoms with van der Waals surface area (Å²) in [6.07, 6.45) is 0.513. The molecule has 0 aliphatic heterocycles. The fraction of sp³-hybridized carbons (Fsp3) is 0.462. The molecular weight excluding hydrogens is 224 g/mol. The van der Waals surface area contributed by atoms with Crippen molar-refractivity contribution in [3.8, 4) is 0 Å². The fourth-order valence-electron chi connectivity index (χ4n) is 1.66. The monoisotopic (exact) mass is 240 g/mol. The van der Waals surface area contributed by atoms with Gasteiger partial charge in [0, 0.05) is 5.02 Å². The molecule has 0 aromatic heterocycles. The normalized spacial score (nSPS) is 13.5. The van der Waals surface area contributed by atoms with Crippen LogP contribution in [-0.4, -0.2) is 11.1 Å². The smallest absolute Gasteiger partial charge is 0.307 e. The van der Waals surface area contributed by atoms with Crippen LogP contribution in [0.1, 0.15) is 26.3 Å². The van der Waals surface area contributed by atoms with E-state index in [1.54, 1.807) is 6.07 Å². The first-order valence-electron chi connectivity index (χ1n) is 5.28. The van der Waals surface area contributed by atoms with E-state index in [2.05, 4.69) is 0 Å². The zero-order valence-electron chi connectivity index (χ0n) is 9.83. The predicted octanol–water partition coefficient (Wildman–Crippen LogP) is 3.63. The number of hydrogen-bond donors (Lipinski definition) is 1. The van der Waals surface area contributed by atoms with Crippen LogP contribution < -0.4 is 0 Å². The van der Waals surface area contributed by atoms with Crippen LogP contribution in [0.25, 0.3) is 0 Å². The maximum Gasteiger partial charge on any atom is 0.307 e. The van der Waals surface area contributed by atoms with Crippen LogP contribution >= 0.6 is 11.6 Å². The van der Waals surface area contributed by atoms with Crippen molar-refractivity contribution in [2.75, 3.05) is 0 Å². The van der Waals surface area contributed by atoms with Gasteiger partial charge in [-0.3, -0.25) is 4.79 Å². The third kappa shape index (κ3) is 3.53. The lowest BCUT2D eigenvalue weighted by Gasteiger charge is -2.27. The zero-order chi connectivity index (χ0) is 12.3. The summed E-state index contributed by atoms with van der Waals surface area (Å²) in [4.78, 5) is 11.2. The van der Waals surface area contributed by atoms with Crippen LogP contribution in [0, 0.1) is 11.3 Å². The van der Waals surface area contributed by atoms with Crippen molar-refractivity contribution in [3.05, 3.63) is 34.9 Å². The molecule has 1 aromatic rings. The summed E-state index contributed by atoms with van der Waals surface area (Å²) in [6, 6.07) is 7.37. The third-order valence-electron chi connectivity index (χ3n) is 2.67. The molecule has 1 rings (SSSR count). The van der Waals surface area contributed by atoms with Gasteiger partial charge >= 0.3 is 5.97 Å². The second-order valence-electron chi connectivity index (χ2n) is 5.09. The molecule has 1 aromatic carbocycles. The minimum Gasteiger partial charge on any atom is -0.481 e. The Bertz CT molecular complexity index is 380. The third-order valence-corrected chi connectivity index (χ3v) is 2.91. The van der Waals surface area contributed by atoms with Gasteiger partial charge in [0.15, 0.2) is 0 Å². The lowest BCUT2D eigenvalue weighted by atomic mass is 9.77. The molecular formula is C13H17ClO2. The van der Waals surface area contributed by atoms with Crippen LogP contribution in [0.15, 0.2) is 24.3 Å². The molecule has 0 radical (unpaired) electrons. The molecule has 0 saturated heterocycles. The van der Waals surface area contributed by atoms with Crippen molar-refractivity contribution in [3.63, 3.8) is 0 Å². The highest BCUT2D eigenvalue weighted by atomic mass is 35.5. The number of carboxylic acids is 1. The molecule has 0 saturated carbocycles. The molecule has 0 fully saturated rings. The zero-order valence-corrected chi connectivity index (χ0v) is 10.6. The number of rotatable bonds is 3. The maximum absolute atomic E-state index is 11.2. The molecule has 0 aliphatic rings. The Labute approximate surface area is 101 Å². The standard InChI is InChI=1S/C13H17ClO2/c1-13(2,3)11(12(15)16)8-9-5-4-6-10(14)7-9/h4-7,11H,8H2,1-3H3,(H,15,16). The summed E-state index contributed by atoms with van der Waals surface area (Å²) < 4.78 is 0. The highest BCUT2D eigenvalue weighted by molar-refractivity contribution is 6.30. The minimum absolute atomic E-state index is 0.256. The summed E-state index contributed by atoms with van der Waals surface area (Å²) in [5.41, 5.74) is 0.712. The van der Waals surface area contributed by atoms with Crippen LogP contribution in [-0.2, 0) is 11.2 Å². The van der Waals surface area contributed by atoms with E-state index in [9.17, 15) is 9.90 Å². The summed E-state index contributed by atoms with van der Waals surface area (Å²) in [5, 5.41) is 9.86. The van der Waals surface area contributed by atoms with Gasteiger partial charge in [-0.15, -0.1) is 0 Å². The Balaban J connectivity index is 2.89. The average molecular weight is 241 g/mol. The van der Waals surface area contributed by atoms with Gasteiger partial charge in [-0.05, 0) is 29.5 Å². The Morgan fingerprint density at radius 1 is 1.44 bits per heavy atom. The molecule has 0 bridgehead atoms. The topological polar surface area (TPSA) is 37.3 Å². The lowest BCUT2D eigenvalue weighted by molar-refractivity contribution is -0.145. The molecule has 1 unspecified atom stereocenters. The van der Waals surface area contributed by atoms with Gasteiger partial charge in [-0.2, -0.15) is 0 Å². The first-order valence-corrected chi connectivity index (χ1v) is 5.66. The van der Waals surface area contributed by atoms with Gasteiger partial charge in [0.2, 0.25) is 0 Å². The van der Waals surface area contributed by atoms with E-state index in [0.717, 1.165) is 5.56 Å². The van der Waals surface area contributed by atoms with Gasteiger partial charge < -0.3 is 5.11 Å². The number of hydrogen-bond acceptors (Lipinski definition) is 1. The summed E-state index contributed by atoms with van der Waals surface area (Å²) in [7, 11) is 0. The Hall–Kier alpha value is -1.02. The van der Waals surface area contributed by atoms with Crippen molar-refractivity contribution in [1.82, 2.24) is 0 Å². The van der Waals surface area contributed by atoms with E-state index in [-0.39, 0.29) is 5.41 Å². The van der Waals surface area contributed by atoms with E-state index in [4.69, 9.17) is 11.6 Å². The molecule has 2 nitrogen and oxygen atoms in total. The number of carbonyl (C=O) groups is 1. The number of halogens is 1. The van der Waals surface area contributed by atoms with Gasteiger partial charge in [0.25, 0.3) is 0 Å². The molecule has 0 aliphatic carbocycles. The second-order valence-corrected chi connectivity index (χ2v) is 5.53. The van der Waals surface area contributed by atoms with Crippen molar-refractivity contribution in [2.24, 2.45) is 11.3 Å². The van der Waals surface area contributed by atoms with Crippen LogP contribution in [0.5, 0.6) is 0 Å². The minimum atomic E-state index is -0.757. The first-order chi connectivity index (χ1) is 7.30. The van der Waals surface area contributed by atoms with Crippen molar-refractivity contribution < 1.29 is 9.90 Å². The maximum atomic E-state index is 11.2. The summed E-state index contributed by atoms with van der Waals surface area (Å²) >= 11 is 5.87. The molecule has 1 atom stereocenters. The van der Waals surface area contributed by atoms with Gasteiger partial charge in [0.1, 0.15) is 0 Å². The molecule has 1 N–H and O–H groups in total. The summed E-state index contributed by atoms with van der Waals surface area (Å²) in [6.45, 7) is 5.82. The number of benzene rings is 1. The summed E-state index contributed by atoms with van der Waals surface area (Å²) in [5.74, 6) is -1.15. The van der Waals surface area contributed by atoms with E-state index < -0.39 is 11.9 Å². The highest BCUT2D eigenvalue weighted by Gasteiger charge is 2.31.